The molecule has 6 heteroatoms. The fourth-order valence-corrected chi connectivity index (χ4v) is 3.87. The highest BCUT2D eigenvalue weighted by Gasteiger charge is 2.27. The molecule has 4 nitrogen and oxygen atoms in total. The van der Waals surface area contributed by atoms with E-state index in [1.54, 1.807) is 24.4 Å². The number of halogens is 2. The SMILES string of the molecule is C[C@@H]1CCc2cnccc2[C@H](N)CC(C(=O)Nc2ccc(Cl)c(Cl)c2)C1. The molecule has 1 heterocycles. The fourth-order valence-electron chi connectivity index (χ4n) is 3.58. The van der Waals surface area contributed by atoms with Crippen LogP contribution in [0, 0.1) is 11.8 Å². The molecule has 1 aromatic heterocycles. The number of carbonyl (C=O) groups excluding carboxylic acids is 1. The molecule has 1 aliphatic carbocycles. The molecule has 2 aromatic rings. The number of amides is 1. The lowest BCUT2D eigenvalue weighted by atomic mass is 9.88. The van der Waals surface area contributed by atoms with Gasteiger partial charge < -0.3 is 11.1 Å². The van der Waals surface area contributed by atoms with Gasteiger partial charge in [-0.3, -0.25) is 9.78 Å². The number of pyridine rings is 1. The van der Waals surface area contributed by atoms with Gasteiger partial charge in [-0.05, 0) is 67.0 Å². The second kappa shape index (κ2) is 8.38. The summed E-state index contributed by atoms with van der Waals surface area (Å²) in [7, 11) is 0. The Balaban J connectivity index is 1.79. The second-order valence-electron chi connectivity index (χ2n) is 7.11. The lowest BCUT2D eigenvalue weighted by molar-refractivity contribution is -0.120. The van der Waals surface area contributed by atoms with Crippen LogP contribution in [-0.2, 0) is 11.2 Å². The molecule has 1 unspecified atom stereocenters. The van der Waals surface area contributed by atoms with Crippen molar-refractivity contribution in [2.45, 2.75) is 38.6 Å². The van der Waals surface area contributed by atoms with Crippen LogP contribution in [0.3, 0.4) is 0 Å². The number of rotatable bonds is 2. The van der Waals surface area contributed by atoms with Gasteiger partial charge >= 0.3 is 0 Å². The first-order valence-corrected chi connectivity index (χ1v) is 9.64. The van der Waals surface area contributed by atoms with Crippen LogP contribution >= 0.6 is 23.2 Å². The summed E-state index contributed by atoms with van der Waals surface area (Å²) in [5.41, 5.74) is 9.39. The molecular weight excluding hydrogens is 369 g/mol. The van der Waals surface area contributed by atoms with Crippen LogP contribution in [0.5, 0.6) is 0 Å². The van der Waals surface area contributed by atoms with E-state index in [-0.39, 0.29) is 17.9 Å². The Morgan fingerprint density at radius 1 is 1.23 bits per heavy atom. The van der Waals surface area contributed by atoms with Crippen molar-refractivity contribution in [3.8, 4) is 0 Å². The normalized spacial score (nSPS) is 23.3. The van der Waals surface area contributed by atoms with Crippen LogP contribution in [-0.4, -0.2) is 10.9 Å². The lowest BCUT2D eigenvalue weighted by Gasteiger charge is -2.22. The van der Waals surface area contributed by atoms with Crippen LogP contribution in [0.15, 0.2) is 36.7 Å². The molecule has 26 heavy (non-hydrogen) atoms. The Labute approximate surface area is 164 Å². The van der Waals surface area contributed by atoms with Crippen molar-refractivity contribution >= 4 is 34.8 Å². The molecule has 0 radical (unpaired) electrons. The topological polar surface area (TPSA) is 68.0 Å². The van der Waals surface area contributed by atoms with Gasteiger partial charge in [-0.1, -0.05) is 30.1 Å². The molecule has 1 aromatic carbocycles. The van der Waals surface area contributed by atoms with E-state index < -0.39 is 0 Å². The fraction of sp³-hybridized carbons (Fsp3) is 0.400. The van der Waals surface area contributed by atoms with E-state index in [1.165, 1.54) is 5.56 Å². The van der Waals surface area contributed by atoms with Gasteiger partial charge in [-0.25, -0.2) is 0 Å². The minimum Gasteiger partial charge on any atom is -0.326 e. The van der Waals surface area contributed by atoms with E-state index in [4.69, 9.17) is 28.9 Å². The van der Waals surface area contributed by atoms with Gasteiger partial charge in [0.15, 0.2) is 0 Å². The molecule has 1 aliphatic rings. The van der Waals surface area contributed by atoms with E-state index in [0.717, 1.165) is 24.8 Å². The van der Waals surface area contributed by atoms with E-state index in [1.807, 2.05) is 12.3 Å². The van der Waals surface area contributed by atoms with Gasteiger partial charge in [0.25, 0.3) is 0 Å². The van der Waals surface area contributed by atoms with Gasteiger partial charge in [0.05, 0.1) is 10.0 Å². The Morgan fingerprint density at radius 3 is 2.81 bits per heavy atom. The molecule has 0 saturated heterocycles. The summed E-state index contributed by atoms with van der Waals surface area (Å²) in [6, 6.07) is 6.90. The highest BCUT2D eigenvalue weighted by Crippen LogP contribution is 2.32. The zero-order chi connectivity index (χ0) is 18.7. The maximum absolute atomic E-state index is 12.9. The number of fused-ring (bicyclic) bond motifs is 1. The number of anilines is 1. The molecule has 0 fully saturated rings. The van der Waals surface area contributed by atoms with E-state index in [9.17, 15) is 4.79 Å². The predicted octanol–water partition coefficient (Wildman–Crippen LogP) is 5.01. The van der Waals surface area contributed by atoms with E-state index in [2.05, 4.69) is 17.2 Å². The number of nitrogens with two attached hydrogens (primary N) is 1. The first-order chi connectivity index (χ1) is 12.4. The minimum absolute atomic E-state index is 0.0248. The molecule has 0 bridgehead atoms. The summed E-state index contributed by atoms with van der Waals surface area (Å²) in [6.45, 7) is 2.19. The number of nitrogens with zero attached hydrogens (tertiary/aromatic N) is 1. The lowest BCUT2D eigenvalue weighted by Crippen LogP contribution is -2.28. The molecular formula is C20H23Cl2N3O. The van der Waals surface area contributed by atoms with Gasteiger partial charge in [-0.2, -0.15) is 0 Å². The summed E-state index contributed by atoms with van der Waals surface area (Å²) >= 11 is 12.0. The number of benzene rings is 1. The van der Waals surface area contributed by atoms with E-state index >= 15 is 0 Å². The third-order valence-corrected chi connectivity index (χ3v) is 5.77. The standard InChI is InChI=1S/C20H23Cl2N3O/c1-12-2-3-13-11-24-7-6-16(13)19(23)9-14(8-12)20(26)25-15-4-5-17(21)18(22)10-15/h4-7,10-12,14,19H,2-3,8-9,23H2,1H3,(H,25,26)/t12-,14?,19-/m1/s1. The van der Waals surface area contributed by atoms with Crippen molar-refractivity contribution in [1.29, 1.82) is 0 Å². The second-order valence-corrected chi connectivity index (χ2v) is 7.93. The number of hydrogen-bond donors (Lipinski definition) is 2. The van der Waals surface area contributed by atoms with Crippen LogP contribution in [0.4, 0.5) is 5.69 Å². The molecule has 3 atom stereocenters. The van der Waals surface area contributed by atoms with Crippen molar-refractivity contribution in [3.63, 3.8) is 0 Å². The molecule has 138 valence electrons. The Hall–Kier alpha value is -1.62. The van der Waals surface area contributed by atoms with E-state index in [0.29, 0.717) is 28.1 Å². The van der Waals surface area contributed by atoms with Crippen molar-refractivity contribution in [2.75, 3.05) is 5.32 Å². The van der Waals surface area contributed by atoms with Gasteiger partial charge in [0.1, 0.15) is 0 Å². The minimum atomic E-state index is -0.178. The molecule has 0 spiro atoms. The van der Waals surface area contributed by atoms with Crippen LogP contribution in [0.25, 0.3) is 0 Å². The summed E-state index contributed by atoms with van der Waals surface area (Å²) in [6.07, 6.45) is 7.04. The number of aromatic nitrogens is 1. The average Bonchev–Trinajstić information content (AvgIpc) is 2.68. The zero-order valence-corrected chi connectivity index (χ0v) is 16.2. The Kier molecular flexibility index (Phi) is 6.17. The van der Waals surface area contributed by atoms with Crippen molar-refractivity contribution in [2.24, 2.45) is 17.6 Å². The third-order valence-electron chi connectivity index (χ3n) is 5.03. The Bertz CT molecular complexity index is 796. The van der Waals surface area contributed by atoms with Crippen LogP contribution in [0.1, 0.15) is 43.4 Å². The zero-order valence-electron chi connectivity index (χ0n) is 14.7. The quantitative estimate of drug-likeness (QED) is 0.755. The van der Waals surface area contributed by atoms with Crippen molar-refractivity contribution < 1.29 is 4.79 Å². The highest BCUT2D eigenvalue weighted by molar-refractivity contribution is 6.42. The number of aryl methyl sites for hydroxylation is 1. The average molecular weight is 392 g/mol. The summed E-state index contributed by atoms with van der Waals surface area (Å²) in [5, 5.41) is 3.85. The summed E-state index contributed by atoms with van der Waals surface area (Å²) < 4.78 is 0. The molecule has 0 aliphatic heterocycles. The maximum Gasteiger partial charge on any atom is 0.227 e. The monoisotopic (exact) mass is 391 g/mol. The van der Waals surface area contributed by atoms with Gasteiger partial charge in [0, 0.05) is 30.0 Å². The van der Waals surface area contributed by atoms with Crippen LogP contribution in [0.2, 0.25) is 10.0 Å². The Morgan fingerprint density at radius 2 is 2.04 bits per heavy atom. The molecule has 0 saturated carbocycles. The number of carbonyl (C=O) groups is 1. The van der Waals surface area contributed by atoms with Crippen LogP contribution < -0.4 is 11.1 Å². The number of nitrogens with one attached hydrogen (secondary N) is 1. The smallest absolute Gasteiger partial charge is 0.227 e. The predicted molar refractivity (Wildman–Crippen MR) is 106 cm³/mol. The number of hydrogen-bond acceptors (Lipinski definition) is 3. The largest absolute Gasteiger partial charge is 0.326 e. The first-order valence-electron chi connectivity index (χ1n) is 8.88. The highest BCUT2D eigenvalue weighted by atomic mass is 35.5. The first kappa shape index (κ1) is 19.2. The molecule has 1 amide bonds. The van der Waals surface area contributed by atoms with Crippen molar-refractivity contribution in [1.82, 2.24) is 4.98 Å². The molecule has 3 N–H and O–H groups in total. The third kappa shape index (κ3) is 4.56. The summed E-state index contributed by atoms with van der Waals surface area (Å²) in [5.74, 6) is 0.245. The van der Waals surface area contributed by atoms with Gasteiger partial charge in [0.2, 0.25) is 5.91 Å². The molecule has 3 rings (SSSR count). The maximum atomic E-state index is 12.9. The van der Waals surface area contributed by atoms with Crippen molar-refractivity contribution in [3.05, 3.63) is 57.8 Å². The summed E-state index contributed by atoms with van der Waals surface area (Å²) in [4.78, 5) is 17.1. The van der Waals surface area contributed by atoms with Gasteiger partial charge in [-0.15, -0.1) is 0 Å².